The summed E-state index contributed by atoms with van der Waals surface area (Å²) in [6.45, 7) is 4.27. The van der Waals surface area contributed by atoms with E-state index in [1.165, 1.54) is 11.8 Å². The van der Waals surface area contributed by atoms with Crippen molar-refractivity contribution >= 4 is 39.3 Å². The van der Waals surface area contributed by atoms with Crippen LogP contribution in [0.5, 0.6) is 5.75 Å². The number of aryl methyl sites for hydroxylation is 2. The first kappa shape index (κ1) is 20.4. The summed E-state index contributed by atoms with van der Waals surface area (Å²) in [4.78, 5) is 12.4. The van der Waals surface area contributed by atoms with E-state index in [1.807, 2.05) is 67.9 Å². The molecular formula is C20H21BrN4O2S. The van der Waals surface area contributed by atoms with Crippen LogP contribution in [0.4, 0.5) is 5.69 Å². The fraction of sp³-hybridized carbons (Fsp3) is 0.250. The number of para-hydroxylation sites is 1. The Bertz CT molecular complexity index is 953. The number of rotatable bonds is 7. The summed E-state index contributed by atoms with van der Waals surface area (Å²) in [6, 6.07) is 13.5. The third-order valence-electron chi connectivity index (χ3n) is 4.13. The molecule has 2 aromatic carbocycles. The van der Waals surface area contributed by atoms with Gasteiger partial charge >= 0.3 is 0 Å². The van der Waals surface area contributed by atoms with Crippen LogP contribution < -0.4 is 10.1 Å². The number of ether oxygens (including phenoxy) is 1. The van der Waals surface area contributed by atoms with E-state index >= 15 is 0 Å². The first-order valence-electron chi connectivity index (χ1n) is 8.69. The van der Waals surface area contributed by atoms with Crippen LogP contribution in [0.25, 0.3) is 0 Å². The van der Waals surface area contributed by atoms with E-state index in [0.717, 1.165) is 27.0 Å². The van der Waals surface area contributed by atoms with Gasteiger partial charge in [-0.3, -0.25) is 4.79 Å². The Kier molecular flexibility index (Phi) is 6.74. The molecule has 3 aromatic rings. The van der Waals surface area contributed by atoms with Crippen molar-refractivity contribution in [2.45, 2.75) is 25.6 Å². The minimum absolute atomic E-state index is 0.0800. The number of hydrogen-bond donors (Lipinski definition) is 1. The fourth-order valence-electron chi connectivity index (χ4n) is 2.67. The summed E-state index contributed by atoms with van der Waals surface area (Å²) in [7, 11) is 1.87. The third-order valence-corrected chi connectivity index (χ3v) is 5.61. The highest BCUT2D eigenvalue weighted by Gasteiger charge is 2.13. The molecule has 6 nitrogen and oxygen atoms in total. The smallest absolute Gasteiger partial charge is 0.234 e. The minimum Gasteiger partial charge on any atom is -0.486 e. The molecule has 0 aliphatic heterocycles. The van der Waals surface area contributed by atoms with E-state index in [9.17, 15) is 4.79 Å². The summed E-state index contributed by atoms with van der Waals surface area (Å²) in [5, 5.41) is 12.0. The van der Waals surface area contributed by atoms with Crippen LogP contribution in [0, 0.1) is 13.8 Å². The summed E-state index contributed by atoms with van der Waals surface area (Å²) in [6.07, 6.45) is 0. The maximum Gasteiger partial charge on any atom is 0.234 e. The Morgan fingerprint density at radius 2 is 1.86 bits per heavy atom. The van der Waals surface area contributed by atoms with Gasteiger partial charge in [0.15, 0.2) is 11.0 Å². The maximum atomic E-state index is 12.4. The van der Waals surface area contributed by atoms with Crippen molar-refractivity contribution in [3.8, 4) is 5.75 Å². The number of carbonyl (C=O) groups excluding carboxylic acids is 1. The zero-order valence-corrected chi connectivity index (χ0v) is 18.3. The summed E-state index contributed by atoms with van der Waals surface area (Å²) in [5.74, 6) is 1.65. The Balaban J connectivity index is 1.56. The second kappa shape index (κ2) is 9.25. The Morgan fingerprint density at radius 1 is 1.18 bits per heavy atom. The van der Waals surface area contributed by atoms with Gasteiger partial charge in [-0.15, -0.1) is 10.2 Å². The van der Waals surface area contributed by atoms with Gasteiger partial charge in [-0.05, 0) is 49.2 Å². The monoisotopic (exact) mass is 460 g/mol. The van der Waals surface area contributed by atoms with Crippen LogP contribution in [-0.4, -0.2) is 26.4 Å². The molecule has 0 bridgehead atoms. The van der Waals surface area contributed by atoms with Crippen molar-refractivity contribution in [2.75, 3.05) is 11.1 Å². The van der Waals surface area contributed by atoms with E-state index in [4.69, 9.17) is 4.74 Å². The highest BCUT2D eigenvalue weighted by Crippen LogP contribution is 2.25. The minimum atomic E-state index is -0.0800. The van der Waals surface area contributed by atoms with Gasteiger partial charge in [0, 0.05) is 17.2 Å². The molecule has 146 valence electrons. The molecule has 28 heavy (non-hydrogen) atoms. The van der Waals surface area contributed by atoms with Gasteiger partial charge in [-0.1, -0.05) is 45.9 Å². The molecule has 1 N–H and O–H groups in total. The van der Waals surface area contributed by atoms with Gasteiger partial charge in [-0.25, -0.2) is 0 Å². The predicted octanol–water partition coefficient (Wildman–Crippen LogP) is 4.50. The van der Waals surface area contributed by atoms with E-state index < -0.39 is 0 Å². The van der Waals surface area contributed by atoms with Crippen molar-refractivity contribution in [1.82, 2.24) is 14.8 Å². The second-order valence-electron chi connectivity index (χ2n) is 6.31. The van der Waals surface area contributed by atoms with Gasteiger partial charge in [0.05, 0.1) is 5.75 Å². The number of nitrogens with zero attached hydrogens (tertiary/aromatic N) is 3. The Morgan fingerprint density at radius 3 is 2.54 bits per heavy atom. The number of nitrogens with one attached hydrogen (secondary N) is 1. The summed E-state index contributed by atoms with van der Waals surface area (Å²) in [5.41, 5.74) is 2.89. The topological polar surface area (TPSA) is 69.0 Å². The zero-order chi connectivity index (χ0) is 20.1. The van der Waals surface area contributed by atoms with Gasteiger partial charge in [0.2, 0.25) is 5.91 Å². The summed E-state index contributed by atoms with van der Waals surface area (Å²) >= 11 is 4.81. The first-order valence-corrected chi connectivity index (χ1v) is 10.5. The van der Waals surface area contributed by atoms with E-state index in [2.05, 4.69) is 31.4 Å². The molecule has 1 heterocycles. The Hall–Kier alpha value is -2.32. The van der Waals surface area contributed by atoms with Gasteiger partial charge in [0.1, 0.15) is 12.4 Å². The SMILES string of the molecule is Cc1cc(Br)cc(C)c1NC(=O)CSc1nnc(COc2ccccc2)n1C. The Labute approximate surface area is 176 Å². The third kappa shape index (κ3) is 5.14. The largest absolute Gasteiger partial charge is 0.486 e. The van der Waals surface area contributed by atoms with Crippen LogP contribution in [0.1, 0.15) is 17.0 Å². The lowest BCUT2D eigenvalue weighted by Gasteiger charge is -2.12. The molecule has 0 unspecified atom stereocenters. The molecule has 0 aliphatic carbocycles. The van der Waals surface area contributed by atoms with Crippen molar-refractivity contribution < 1.29 is 9.53 Å². The number of benzene rings is 2. The van der Waals surface area contributed by atoms with Crippen LogP contribution in [-0.2, 0) is 18.4 Å². The maximum absolute atomic E-state index is 12.4. The normalized spacial score (nSPS) is 10.7. The predicted molar refractivity (Wildman–Crippen MR) is 115 cm³/mol. The molecule has 0 atom stereocenters. The lowest BCUT2D eigenvalue weighted by Crippen LogP contribution is -2.16. The molecule has 3 rings (SSSR count). The summed E-state index contributed by atoms with van der Waals surface area (Å²) < 4.78 is 8.55. The fourth-order valence-corrected chi connectivity index (χ4v) is 4.09. The first-order chi connectivity index (χ1) is 13.4. The number of carbonyl (C=O) groups is 1. The zero-order valence-electron chi connectivity index (χ0n) is 15.9. The van der Waals surface area contributed by atoms with E-state index in [1.54, 1.807) is 0 Å². The van der Waals surface area contributed by atoms with E-state index in [-0.39, 0.29) is 11.7 Å². The number of anilines is 1. The van der Waals surface area contributed by atoms with E-state index in [0.29, 0.717) is 17.6 Å². The molecule has 0 fully saturated rings. The number of thioether (sulfide) groups is 1. The number of halogens is 1. The number of amides is 1. The lowest BCUT2D eigenvalue weighted by atomic mass is 10.1. The lowest BCUT2D eigenvalue weighted by molar-refractivity contribution is -0.113. The molecule has 8 heteroatoms. The molecule has 0 radical (unpaired) electrons. The number of hydrogen-bond acceptors (Lipinski definition) is 5. The quantitative estimate of drug-likeness (QED) is 0.525. The van der Waals surface area contributed by atoms with Crippen molar-refractivity contribution in [3.05, 3.63) is 63.9 Å². The molecule has 0 saturated heterocycles. The van der Waals surface area contributed by atoms with Gasteiger partial charge in [0.25, 0.3) is 0 Å². The average molecular weight is 461 g/mol. The molecule has 1 aromatic heterocycles. The van der Waals surface area contributed by atoms with Crippen molar-refractivity contribution in [2.24, 2.45) is 7.05 Å². The molecule has 0 aliphatic rings. The van der Waals surface area contributed by atoms with Crippen LogP contribution in [0.2, 0.25) is 0 Å². The standard InChI is InChI=1S/C20H21BrN4O2S/c1-13-9-15(21)10-14(2)19(13)22-18(26)12-28-20-24-23-17(25(20)3)11-27-16-7-5-4-6-8-16/h4-10H,11-12H2,1-3H3,(H,22,26). The van der Waals surface area contributed by atoms with Gasteiger partial charge < -0.3 is 14.6 Å². The average Bonchev–Trinajstić information content (AvgIpc) is 3.02. The second-order valence-corrected chi connectivity index (χ2v) is 8.17. The molecule has 1 amide bonds. The highest BCUT2D eigenvalue weighted by atomic mass is 79.9. The highest BCUT2D eigenvalue weighted by molar-refractivity contribution is 9.10. The number of aromatic nitrogens is 3. The van der Waals surface area contributed by atoms with Gasteiger partial charge in [-0.2, -0.15) is 0 Å². The van der Waals surface area contributed by atoms with Crippen LogP contribution in [0.15, 0.2) is 52.1 Å². The molecular weight excluding hydrogens is 440 g/mol. The van der Waals surface area contributed by atoms with Crippen molar-refractivity contribution in [1.29, 1.82) is 0 Å². The molecule has 0 spiro atoms. The van der Waals surface area contributed by atoms with Crippen LogP contribution in [0.3, 0.4) is 0 Å². The van der Waals surface area contributed by atoms with Crippen LogP contribution >= 0.6 is 27.7 Å². The van der Waals surface area contributed by atoms with Crippen molar-refractivity contribution in [3.63, 3.8) is 0 Å². The molecule has 0 saturated carbocycles.